The second kappa shape index (κ2) is 50.8. The van der Waals surface area contributed by atoms with Crippen LogP contribution in [0, 0.1) is 5.92 Å². The Bertz CT molecular complexity index is 4750. The van der Waals surface area contributed by atoms with Crippen LogP contribution in [0.4, 0.5) is 11.4 Å². The van der Waals surface area contributed by atoms with E-state index in [0.29, 0.717) is 29.3 Å². The van der Waals surface area contributed by atoms with E-state index in [1.165, 1.54) is 24.3 Å². The van der Waals surface area contributed by atoms with Gasteiger partial charge in [-0.15, -0.1) is 0 Å². The van der Waals surface area contributed by atoms with Crippen LogP contribution in [-0.2, 0) is 102 Å². The molecule has 1 aliphatic heterocycles. The van der Waals surface area contributed by atoms with Crippen molar-refractivity contribution in [2.45, 2.75) is 209 Å². The highest BCUT2D eigenvalue weighted by Crippen LogP contribution is 2.22. The fourth-order valence-corrected chi connectivity index (χ4v) is 12.9. The number of cyclic esters (lactones) is 1. The van der Waals surface area contributed by atoms with Gasteiger partial charge >= 0.3 is 35.8 Å². The fourth-order valence-electron chi connectivity index (χ4n) is 12.9. The number of hydrogen-bond acceptors (Lipinski definition) is 26. The van der Waals surface area contributed by atoms with Crippen LogP contribution >= 0.6 is 0 Å². The summed E-state index contributed by atoms with van der Waals surface area (Å²) in [5.74, 6) is -33.3. The van der Waals surface area contributed by atoms with Crippen molar-refractivity contribution in [3.63, 3.8) is 0 Å². The summed E-state index contributed by atoms with van der Waals surface area (Å²) >= 11 is 0. The number of aromatic carboxylic acids is 1. The number of nitrogens with two attached hydrogens (primary N) is 3. The van der Waals surface area contributed by atoms with Gasteiger partial charge < -0.3 is 132 Å². The highest BCUT2D eigenvalue weighted by molar-refractivity contribution is 6.06. The first-order chi connectivity index (χ1) is 60.0. The van der Waals surface area contributed by atoms with Gasteiger partial charge in [0.2, 0.25) is 82.7 Å². The normalized spacial score (nSPS) is 20.2. The van der Waals surface area contributed by atoms with Gasteiger partial charge in [0.15, 0.2) is 5.78 Å². The Balaban J connectivity index is 1.65. The summed E-state index contributed by atoms with van der Waals surface area (Å²) in [7, 11) is 0. The van der Waals surface area contributed by atoms with Gasteiger partial charge in [-0.25, -0.2) is 9.59 Å². The number of aliphatic carboxylic acids is 4. The van der Waals surface area contributed by atoms with Crippen molar-refractivity contribution in [2.24, 2.45) is 11.7 Å². The number of aromatic amines is 1. The summed E-state index contributed by atoms with van der Waals surface area (Å²) in [6.07, 6.45) is -3.45. The maximum atomic E-state index is 15.0. The summed E-state index contributed by atoms with van der Waals surface area (Å²) < 4.78 is 5.71. The first kappa shape index (κ1) is 103. The van der Waals surface area contributed by atoms with Crippen LogP contribution in [0.15, 0.2) is 72.9 Å². The Morgan fingerprint density at radius 1 is 0.528 bits per heavy atom. The molecule has 5 rings (SSSR count). The summed E-state index contributed by atoms with van der Waals surface area (Å²) in [4.78, 5) is 304. The van der Waals surface area contributed by atoms with Gasteiger partial charge in [-0.3, -0.25) is 95.9 Å². The minimum Gasteiger partial charge on any atom is -0.481 e. The van der Waals surface area contributed by atoms with Gasteiger partial charge in [-0.05, 0) is 81.0 Å². The van der Waals surface area contributed by atoms with E-state index in [9.17, 15) is 136 Å². The summed E-state index contributed by atoms with van der Waals surface area (Å²) in [6, 6.07) is -8.40. The number of hydrogen-bond donors (Lipinski definition) is 24. The number of unbranched alkanes of at least 4 members (excludes halogenated alkanes) is 6. The predicted molar refractivity (Wildman–Crippen MR) is 441 cm³/mol. The maximum absolute atomic E-state index is 15.0. The van der Waals surface area contributed by atoms with E-state index in [4.69, 9.17) is 21.9 Å². The highest BCUT2D eigenvalue weighted by Gasteiger charge is 2.41. The first-order valence-corrected chi connectivity index (χ1v) is 40.2. The van der Waals surface area contributed by atoms with Crippen molar-refractivity contribution in [3.8, 4) is 0 Å². The minimum atomic E-state index is -2.53. The van der Waals surface area contributed by atoms with Crippen LogP contribution in [0.25, 0.3) is 10.9 Å². The van der Waals surface area contributed by atoms with Crippen LogP contribution in [0.2, 0.25) is 0 Å². The summed E-state index contributed by atoms with van der Waals surface area (Å²) in [6.45, 7) is 0.534. The highest BCUT2D eigenvalue weighted by atomic mass is 16.5. The number of para-hydroxylation sites is 2. The number of esters is 1. The molecule has 0 saturated carbocycles. The van der Waals surface area contributed by atoms with E-state index in [-0.39, 0.29) is 47.3 Å². The zero-order valence-electron chi connectivity index (χ0n) is 69.6. The van der Waals surface area contributed by atoms with E-state index < -0.39 is 280 Å². The number of amides is 15. The number of benzene rings is 3. The lowest BCUT2D eigenvalue weighted by Gasteiger charge is -2.30. The molecule has 127 heavy (non-hydrogen) atoms. The molecule has 1 aromatic heterocycles. The van der Waals surface area contributed by atoms with E-state index >= 15 is 0 Å². The number of fused-ring (bicyclic) bond motifs is 1. The molecular weight excluding hydrogens is 1680 g/mol. The number of carbonyl (C=O) groups is 22. The molecule has 2 heterocycles. The Hall–Kier alpha value is -14.7. The molecule has 27 N–H and O–H groups in total. The monoisotopic (exact) mass is 1780 g/mol. The fraction of sp³-hybridized carbons (Fsp3) is 0.475. The average molecular weight is 1780 g/mol. The number of carboxylic acids is 5. The first-order valence-electron chi connectivity index (χ1n) is 40.2. The number of Topliss-reactive ketones (excluding diaryl/α,β-unsaturated/α-hetero) is 1. The molecule has 13 unspecified atom stereocenters. The van der Waals surface area contributed by atoms with Gasteiger partial charge in [-0.1, -0.05) is 82.7 Å². The lowest BCUT2D eigenvalue weighted by atomic mass is 9.96. The number of aliphatic hydroxyl groups is 1. The van der Waals surface area contributed by atoms with Crippen molar-refractivity contribution < 1.29 is 141 Å². The van der Waals surface area contributed by atoms with E-state index in [2.05, 4.69) is 70.4 Å². The average Bonchev–Trinajstić information content (AvgIpc) is 1.68. The molecule has 47 nitrogen and oxygen atoms in total. The number of rotatable bonds is 38. The Kier molecular flexibility index (Phi) is 41.1. The smallest absolute Gasteiger partial charge is 0.335 e. The van der Waals surface area contributed by atoms with E-state index in [1.54, 1.807) is 30.5 Å². The lowest BCUT2D eigenvalue weighted by molar-refractivity contribution is -0.156. The van der Waals surface area contributed by atoms with E-state index in [0.717, 1.165) is 71.1 Å². The molecule has 4 aromatic rings. The largest absolute Gasteiger partial charge is 0.481 e. The van der Waals surface area contributed by atoms with Gasteiger partial charge in [0.05, 0.1) is 62.9 Å². The van der Waals surface area contributed by atoms with Gasteiger partial charge in [-0.2, -0.15) is 0 Å². The zero-order chi connectivity index (χ0) is 94.5. The topological polar surface area (TPSA) is 768 Å². The second-order valence-corrected chi connectivity index (χ2v) is 29.8. The lowest BCUT2D eigenvalue weighted by Crippen LogP contribution is -2.62. The number of nitrogen functional groups attached to an aromatic ring is 2. The number of H-pyrrole nitrogens is 1. The van der Waals surface area contributed by atoms with Crippen molar-refractivity contribution >= 4 is 152 Å². The number of ketones is 1. The Morgan fingerprint density at radius 3 is 1.69 bits per heavy atom. The number of ether oxygens (including phenoxy) is 1. The molecule has 47 heteroatoms. The summed E-state index contributed by atoms with van der Waals surface area (Å²) in [5.41, 5.74) is 17.4. The molecule has 13 atom stereocenters. The van der Waals surface area contributed by atoms with Crippen molar-refractivity contribution in [1.82, 2.24) is 79.4 Å². The molecule has 1 fully saturated rings. The third-order valence-electron chi connectivity index (χ3n) is 19.7. The standard InChI is InChI=1S/C80H106N18O29/c1-5-6-7-8-9-10-11-22-59(102)90-50(28-42-34-85-48-20-15-13-17-43(42)48)73(118)93-51(30-58(83)101)74(119)95-54(33-65(111)112)75(120)98-67-40(4)127-80(126)55(29-57(100)44-18-12-14-19-46(44)81)96-78(123)66(38(2)26-62(105)106)97-76(121)56(37-99)91-61(104)35-86-70(115)52(31-63(107)108)92-68(113)39(3)88-72(117)53(32-64(109)110)94-71(116)49(89-60(103)36-87-77(67)122)21-16-25-84-69(114)45-27-41(79(124)125)23-24-47(45)82/h12-15,17-20,23-24,27,34,38-40,49-56,66-67,85,99H,5-11,16,21-22,25-26,28-33,35-37,81-82H2,1-4H3,(H2,83,101)(H,84,114)(H,86,115)(H,87,122)(H,88,117)(H,89,103)(H,90,102)(H,91,104)(H,92,113)(H,93,118)(H,94,116)(H,95,119)(H,96,123)(H,97,121)(H,98,120)(H,105,106)(H,107,108)(H,109,110)(H,111,112)(H,124,125). The molecular formula is C80H106N18O29. The second-order valence-electron chi connectivity index (χ2n) is 29.8. The maximum Gasteiger partial charge on any atom is 0.335 e. The summed E-state index contributed by atoms with van der Waals surface area (Å²) in [5, 5.41) is 90.9. The van der Waals surface area contributed by atoms with Crippen molar-refractivity contribution in [1.29, 1.82) is 0 Å². The Labute approximate surface area is 723 Å². The Morgan fingerprint density at radius 2 is 1.08 bits per heavy atom. The third-order valence-corrected chi connectivity index (χ3v) is 19.7. The molecule has 3 aromatic carbocycles. The number of carboxylic acid groups (broad SMARTS) is 5. The number of anilines is 2. The number of carbonyl (C=O) groups excluding carboxylic acids is 17. The molecule has 0 aliphatic carbocycles. The molecule has 0 bridgehead atoms. The van der Waals surface area contributed by atoms with E-state index in [1.807, 2.05) is 16.0 Å². The minimum absolute atomic E-state index is 0.0432. The predicted octanol–water partition coefficient (Wildman–Crippen LogP) is -4.87. The quantitative estimate of drug-likeness (QED) is 0.00866. The van der Waals surface area contributed by atoms with Crippen LogP contribution in [0.1, 0.15) is 167 Å². The SMILES string of the molecule is CCCCCCCCCC(=O)NC(Cc1c[nH]c2ccccc12)C(=O)NC(CC(N)=O)C(=O)NC(CC(=O)O)C(=O)NC1C(=O)NCC(=O)NC(CCCNC(=O)c2cc(C(=O)O)ccc2N)C(=O)NC(CC(=O)O)C(=O)NC(C)C(=O)NC(CC(=O)O)C(=O)NCC(=O)NC(CO)C(=O)NC(C(C)CC(=O)O)C(=O)NC(CC(=O)c2ccccc2N)C(=O)OC1C. The van der Waals surface area contributed by atoms with Gasteiger partial charge in [0.25, 0.3) is 5.91 Å². The van der Waals surface area contributed by atoms with Crippen molar-refractivity contribution in [3.05, 3.63) is 95.2 Å². The number of aliphatic hydroxyl groups excluding tert-OH is 1. The van der Waals surface area contributed by atoms with Gasteiger partial charge in [0, 0.05) is 59.8 Å². The zero-order valence-corrected chi connectivity index (χ0v) is 69.6. The molecule has 0 spiro atoms. The molecule has 690 valence electrons. The van der Waals surface area contributed by atoms with Crippen LogP contribution in [-0.4, -0.2) is 265 Å². The number of primary amides is 1. The van der Waals surface area contributed by atoms with Crippen LogP contribution < -0.4 is 91.6 Å². The van der Waals surface area contributed by atoms with Crippen LogP contribution in [0.3, 0.4) is 0 Å². The molecule has 15 amide bonds. The number of nitrogens with one attached hydrogen (secondary N) is 15. The third kappa shape index (κ3) is 34.2. The molecule has 1 saturated heterocycles. The van der Waals surface area contributed by atoms with Crippen LogP contribution in [0.5, 0.6) is 0 Å². The number of aromatic nitrogens is 1. The van der Waals surface area contributed by atoms with Gasteiger partial charge in [0.1, 0.15) is 72.6 Å². The molecule has 1 aliphatic rings. The molecule has 0 radical (unpaired) electrons. The van der Waals surface area contributed by atoms with Crippen molar-refractivity contribution in [2.75, 3.05) is 37.7 Å².